The van der Waals surface area contributed by atoms with E-state index in [4.69, 9.17) is 13.9 Å². The molecule has 1 aliphatic carbocycles. The Morgan fingerprint density at radius 2 is 1.81 bits per heavy atom. The first-order chi connectivity index (χ1) is 12.6. The number of carbonyl (C=O) groups excluding carboxylic acids is 1. The molecule has 138 valence electrons. The summed E-state index contributed by atoms with van der Waals surface area (Å²) in [6, 6.07) is 9.61. The van der Waals surface area contributed by atoms with Crippen LogP contribution in [0.5, 0.6) is 11.5 Å². The highest BCUT2D eigenvalue weighted by molar-refractivity contribution is 5.89. The molecule has 1 fully saturated rings. The Bertz CT molecular complexity index is 804. The van der Waals surface area contributed by atoms with Crippen molar-refractivity contribution < 1.29 is 18.7 Å². The molecule has 0 bridgehead atoms. The van der Waals surface area contributed by atoms with Crippen LogP contribution in [0.15, 0.2) is 34.7 Å². The van der Waals surface area contributed by atoms with Gasteiger partial charge in [0.2, 0.25) is 5.91 Å². The van der Waals surface area contributed by atoms with E-state index in [9.17, 15) is 4.79 Å². The minimum absolute atomic E-state index is 0.0632. The van der Waals surface area contributed by atoms with E-state index in [1.807, 2.05) is 44.2 Å². The average molecular weight is 355 g/mol. The Morgan fingerprint density at radius 3 is 2.50 bits per heavy atom. The third kappa shape index (κ3) is 2.96. The van der Waals surface area contributed by atoms with Gasteiger partial charge in [-0.05, 0) is 56.5 Å². The monoisotopic (exact) mass is 355 g/mol. The van der Waals surface area contributed by atoms with Crippen LogP contribution in [0.1, 0.15) is 55.7 Å². The smallest absolute Gasteiger partial charge is 0.231 e. The fourth-order valence-corrected chi connectivity index (χ4v) is 4.06. The zero-order valence-corrected chi connectivity index (χ0v) is 15.3. The van der Waals surface area contributed by atoms with Crippen LogP contribution in [0, 0.1) is 6.92 Å². The molecular weight excluding hydrogens is 330 g/mol. The lowest BCUT2D eigenvalue weighted by Gasteiger charge is -2.31. The lowest BCUT2D eigenvalue weighted by atomic mass is 9.77. The first-order valence-corrected chi connectivity index (χ1v) is 9.36. The van der Waals surface area contributed by atoms with Gasteiger partial charge in [0.15, 0.2) is 11.5 Å². The highest BCUT2D eigenvalue weighted by atomic mass is 16.6. The van der Waals surface area contributed by atoms with Gasteiger partial charge in [-0.25, -0.2) is 0 Å². The summed E-state index contributed by atoms with van der Waals surface area (Å²) < 4.78 is 17.0. The molecule has 2 aliphatic rings. The molecule has 1 unspecified atom stereocenters. The lowest BCUT2D eigenvalue weighted by molar-refractivity contribution is -0.127. The Morgan fingerprint density at radius 1 is 1.08 bits per heavy atom. The Kier molecular flexibility index (Phi) is 4.39. The van der Waals surface area contributed by atoms with Gasteiger partial charge in [-0.2, -0.15) is 0 Å². The van der Waals surface area contributed by atoms with E-state index in [1.165, 1.54) is 0 Å². The van der Waals surface area contributed by atoms with Crippen molar-refractivity contribution in [3.8, 4) is 11.5 Å². The molecule has 5 heteroatoms. The fourth-order valence-electron chi connectivity index (χ4n) is 4.06. The number of nitrogens with one attached hydrogen (secondary N) is 1. The first-order valence-electron chi connectivity index (χ1n) is 9.36. The molecule has 1 amide bonds. The molecule has 0 radical (unpaired) electrons. The molecule has 0 saturated heterocycles. The van der Waals surface area contributed by atoms with Gasteiger partial charge in [0, 0.05) is 0 Å². The van der Waals surface area contributed by atoms with E-state index in [1.54, 1.807) is 0 Å². The Labute approximate surface area is 153 Å². The predicted molar refractivity (Wildman–Crippen MR) is 97.6 cm³/mol. The predicted octanol–water partition coefficient (Wildman–Crippen LogP) is 4.05. The normalized spacial score (nSPS) is 19.2. The van der Waals surface area contributed by atoms with Crippen LogP contribution in [0.25, 0.3) is 0 Å². The lowest BCUT2D eigenvalue weighted by Crippen LogP contribution is -2.43. The van der Waals surface area contributed by atoms with E-state index >= 15 is 0 Å². The van der Waals surface area contributed by atoms with Gasteiger partial charge in [-0.15, -0.1) is 0 Å². The molecule has 1 saturated carbocycles. The summed E-state index contributed by atoms with van der Waals surface area (Å²) in [6.45, 7) is 4.98. The zero-order valence-electron chi connectivity index (χ0n) is 15.3. The van der Waals surface area contributed by atoms with Gasteiger partial charge in [0.25, 0.3) is 0 Å². The summed E-state index contributed by atoms with van der Waals surface area (Å²) in [5.41, 5.74) is 0.505. The van der Waals surface area contributed by atoms with Crippen LogP contribution in [-0.4, -0.2) is 19.1 Å². The fraction of sp³-hybridized carbons (Fsp3) is 0.476. The van der Waals surface area contributed by atoms with Gasteiger partial charge >= 0.3 is 0 Å². The van der Waals surface area contributed by atoms with Crippen molar-refractivity contribution in [3.63, 3.8) is 0 Å². The topological polar surface area (TPSA) is 60.7 Å². The number of benzene rings is 1. The summed E-state index contributed by atoms with van der Waals surface area (Å²) >= 11 is 0. The summed E-state index contributed by atoms with van der Waals surface area (Å²) in [7, 11) is 0. The molecule has 2 heterocycles. The van der Waals surface area contributed by atoms with Crippen LogP contribution in [0.4, 0.5) is 0 Å². The van der Waals surface area contributed by atoms with E-state index in [0.29, 0.717) is 13.2 Å². The molecular formula is C21H25NO4. The summed E-state index contributed by atoms with van der Waals surface area (Å²) in [6.07, 6.45) is 3.80. The molecule has 5 nitrogen and oxygen atoms in total. The highest BCUT2D eigenvalue weighted by Gasteiger charge is 2.43. The Balaban J connectivity index is 1.61. The van der Waals surface area contributed by atoms with Crippen LogP contribution in [0.2, 0.25) is 0 Å². The van der Waals surface area contributed by atoms with Gasteiger partial charge in [-0.3, -0.25) is 4.79 Å². The van der Waals surface area contributed by atoms with E-state index in [-0.39, 0.29) is 11.9 Å². The van der Waals surface area contributed by atoms with Crippen LogP contribution in [0.3, 0.4) is 0 Å². The number of rotatable bonds is 4. The number of hydrogen-bond donors (Lipinski definition) is 1. The van der Waals surface area contributed by atoms with Gasteiger partial charge < -0.3 is 19.2 Å². The maximum Gasteiger partial charge on any atom is 0.231 e. The second-order valence-corrected chi connectivity index (χ2v) is 7.29. The second-order valence-electron chi connectivity index (χ2n) is 7.29. The van der Waals surface area contributed by atoms with Gasteiger partial charge in [0.05, 0.1) is 11.5 Å². The van der Waals surface area contributed by atoms with Gasteiger partial charge in [0.1, 0.15) is 24.7 Å². The van der Waals surface area contributed by atoms with Crippen LogP contribution in [-0.2, 0) is 10.2 Å². The van der Waals surface area contributed by atoms with Gasteiger partial charge in [-0.1, -0.05) is 18.9 Å². The van der Waals surface area contributed by atoms with Crippen molar-refractivity contribution in [2.45, 2.75) is 51.0 Å². The minimum atomic E-state index is -0.508. The van der Waals surface area contributed by atoms with Crippen molar-refractivity contribution in [1.82, 2.24) is 5.32 Å². The molecule has 4 rings (SSSR count). The number of fused-ring (bicyclic) bond motifs is 1. The molecule has 0 spiro atoms. The molecule has 1 aromatic heterocycles. The quantitative estimate of drug-likeness (QED) is 0.899. The third-order valence-corrected chi connectivity index (χ3v) is 5.52. The maximum atomic E-state index is 13.3. The largest absolute Gasteiger partial charge is 0.486 e. The SMILES string of the molecule is Cc1ccc(C(C)NC(=O)C2(c3ccc4c(c3)OCCO4)CCCC2)o1. The maximum absolute atomic E-state index is 13.3. The number of ether oxygens (including phenoxy) is 2. The molecule has 1 N–H and O–H groups in total. The van der Waals surface area contributed by atoms with E-state index in [0.717, 1.165) is 54.3 Å². The highest BCUT2D eigenvalue weighted by Crippen LogP contribution is 2.44. The van der Waals surface area contributed by atoms with Crippen molar-refractivity contribution in [2.75, 3.05) is 13.2 Å². The summed E-state index contributed by atoms with van der Waals surface area (Å²) in [5, 5.41) is 3.17. The molecule has 1 aromatic carbocycles. The average Bonchev–Trinajstić information content (AvgIpc) is 3.31. The minimum Gasteiger partial charge on any atom is -0.486 e. The van der Waals surface area contributed by atoms with Crippen molar-refractivity contribution in [2.24, 2.45) is 0 Å². The molecule has 2 aromatic rings. The number of amides is 1. The second kappa shape index (κ2) is 6.71. The number of furan rings is 1. The van der Waals surface area contributed by atoms with Crippen molar-refractivity contribution >= 4 is 5.91 Å². The number of hydrogen-bond acceptors (Lipinski definition) is 4. The number of carbonyl (C=O) groups is 1. The Hall–Kier alpha value is -2.43. The van der Waals surface area contributed by atoms with Crippen LogP contribution < -0.4 is 14.8 Å². The molecule has 1 aliphatic heterocycles. The molecule has 26 heavy (non-hydrogen) atoms. The van der Waals surface area contributed by atoms with E-state index < -0.39 is 5.41 Å². The van der Waals surface area contributed by atoms with Crippen LogP contribution >= 0.6 is 0 Å². The van der Waals surface area contributed by atoms with E-state index in [2.05, 4.69) is 5.32 Å². The molecule has 1 atom stereocenters. The first kappa shape index (κ1) is 17.0. The number of aryl methyl sites for hydroxylation is 1. The summed E-state index contributed by atoms with van der Waals surface area (Å²) in [5.74, 6) is 3.19. The zero-order chi connectivity index (χ0) is 18.1. The van der Waals surface area contributed by atoms with Crippen molar-refractivity contribution in [3.05, 3.63) is 47.4 Å². The third-order valence-electron chi connectivity index (χ3n) is 5.52. The summed E-state index contributed by atoms with van der Waals surface area (Å²) in [4.78, 5) is 13.3. The van der Waals surface area contributed by atoms with Crippen molar-refractivity contribution in [1.29, 1.82) is 0 Å². The standard InChI is InChI=1S/C21H25NO4/c1-14-5-7-17(26-14)15(2)22-20(23)21(9-3-4-10-21)16-6-8-18-19(13-16)25-12-11-24-18/h5-8,13,15H,3-4,9-12H2,1-2H3,(H,22,23).